The van der Waals surface area contributed by atoms with Crippen LogP contribution in [-0.2, 0) is 4.74 Å². The summed E-state index contributed by atoms with van der Waals surface area (Å²) in [5.74, 6) is 0. The van der Waals surface area contributed by atoms with Crippen LogP contribution in [0.25, 0.3) is 0 Å². The van der Waals surface area contributed by atoms with Crippen molar-refractivity contribution < 1.29 is 9.84 Å². The minimum absolute atomic E-state index is 0.108. The van der Waals surface area contributed by atoms with E-state index in [9.17, 15) is 5.11 Å². The van der Waals surface area contributed by atoms with Gasteiger partial charge in [-0.15, -0.1) is 0 Å². The zero-order valence-electron chi connectivity index (χ0n) is 11.7. The molecule has 0 spiro atoms. The van der Waals surface area contributed by atoms with Crippen molar-refractivity contribution >= 4 is 0 Å². The molecule has 0 aliphatic heterocycles. The van der Waals surface area contributed by atoms with Crippen molar-refractivity contribution in [2.75, 3.05) is 13.2 Å². The summed E-state index contributed by atoms with van der Waals surface area (Å²) in [6.07, 6.45) is 6.96. The van der Waals surface area contributed by atoms with Crippen LogP contribution < -0.4 is 5.32 Å². The van der Waals surface area contributed by atoms with Gasteiger partial charge in [0.15, 0.2) is 0 Å². The van der Waals surface area contributed by atoms with Crippen LogP contribution in [0.4, 0.5) is 0 Å². The Labute approximate surface area is 106 Å². The van der Waals surface area contributed by atoms with E-state index in [1.165, 1.54) is 6.42 Å². The number of unbranched alkanes of at least 4 members (excludes halogenated alkanes) is 1. The summed E-state index contributed by atoms with van der Waals surface area (Å²) >= 11 is 0. The Morgan fingerprint density at radius 2 is 2.24 bits per heavy atom. The Kier molecular flexibility index (Phi) is 6.45. The molecule has 1 aliphatic carbocycles. The maximum Gasteiger partial charge on any atom is 0.0614 e. The second-order valence-corrected chi connectivity index (χ2v) is 5.68. The fourth-order valence-corrected chi connectivity index (χ4v) is 2.78. The normalized spacial score (nSPS) is 29.8. The molecule has 0 aromatic rings. The molecule has 0 bridgehead atoms. The highest BCUT2D eigenvalue weighted by Crippen LogP contribution is 2.30. The van der Waals surface area contributed by atoms with Gasteiger partial charge in [-0.25, -0.2) is 0 Å². The smallest absolute Gasteiger partial charge is 0.0614 e. The number of aliphatic hydroxyl groups excluding tert-OH is 1. The zero-order chi connectivity index (χ0) is 12.7. The minimum Gasteiger partial charge on any atom is -0.394 e. The maximum absolute atomic E-state index is 9.66. The number of rotatable bonds is 7. The molecule has 2 N–H and O–H groups in total. The van der Waals surface area contributed by atoms with Gasteiger partial charge < -0.3 is 15.2 Å². The number of aliphatic hydroxyl groups is 1. The topological polar surface area (TPSA) is 41.5 Å². The summed E-state index contributed by atoms with van der Waals surface area (Å²) in [7, 11) is 0. The third-order valence-corrected chi connectivity index (χ3v) is 3.55. The number of nitrogens with one attached hydrogen (secondary N) is 1. The van der Waals surface area contributed by atoms with Gasteiger partial charge in [0.2, 0.25) is 0 Å². The number of hydrogen-bond donors (Lipinski definition) is 2. The lowest BCUT2D eigenvalue weighted by Gasteiger charge is -2.41. The Bertz CT molecular complexity index is 208. The number of ether oxygens (including phenoxy) is 1. The molecule has 0 aromatic carbocycles. The van der Waals surface area contributed by atoms with Crippen LogP contribution in [0.15, 0.2) is 0 Å². The van der Waals surface area contributed by atoms with Crippen LogP contribution in [0, 0.1) is 0 Å². The second kappa shape index (κ2) is 7.34. The molecule has 0 heterocycles. The van der Waals surface area contributed by atoms with Crippen molar-refractivity contribution in [3.8, 4) is 0 Å². The quantitative estimate of drug-likeness (QED) is 0.675. The highest BCUT2D eigenvalue weighted by molar-refractivity contribution is 4.94. The van der Waals surface area contributed by atoms with Crippen LogP contribution in [0.5, 0.6) is 0 Å². The van der Waals surface area contributed by atoms with E-state index in [2.05, 4.69) is 26.1 Å². The van der Waals surface area contributed by atoms with Crippen molar-refractivity contribution in [3.05, 3.63) is 0 Å². The first-order valence-corrected chi connectivity index (χ1v) is 7.12. The van der Waals surface area contributed by atoms with Gasteiger partial charge in [-0.2, -0.15) is 0 Å². The van der Waals surface area contributed by atoms with E-state index in [1.54, 1.807) is 0 Å². The van der Waals surface area contributed by atoms with Gasteiger partial charge in [0.1, 0.15) is 0 Å². The van der Waals surface area contributed by atoms with Crippen LogP contribution in [0.3, 0.4) is 0 Å². The van der Waals surface area contributed by atoms with E-state index in [1.807, 2.05) is 0 Å². The fraction of sp³-hybridized carbons (Fsp3) is 1.00. The predicted octanol–water partition coefficient (Wildman–Crippen LogP) is 2.47. The lowest BCUT2D eigenvalue weighted by molar-refractivity contribution is -0.0188. The fourth-order valence-electron chi connectivity index (χ4n) is 2.78. The molecule has 0 amide bonds. The van der Waals surface area contributed by atoms with Crippen LogP contribution in [0.2, 0.25) is 0 Å². The largest absolute Gasteiger partial charge is 0.394 e. The molecule has 0 aromatic heterocycles. The van der Waals surface area contributed by atoms with Crippen LogP contribution >= 0.6 is 0 Å². The molecular formula is C14H29NO2. The van der Waals surface area contributed by atoms with E-state index in [0.29, 0.717) is 12.1 Å². The molecule has 3 nitrogen and oxygen atoms in total. The molecule has 17 heavy (non-hydrogen) atoms. The van der Waals surface area contributed by atoms with E-state index in [4.69, 9.17) is 4.74 Å². The maximum atomic E-state index is 9.66. The molecule has 1 rings (SSSR count). The Balaban J connectivity index is 2.44. The first-order valence-electron chi connectivity index (χ1n) is 7.12. The summed E-state index contributed by atoms with van der Waals surface area (Å²) in [5, 5.41) is 13.2. The Hall–Kier alpha value is -0.120. The molecule has 0 radical (unpaired) electrons. The van der Waals surface area contributed by atoms with Gasteiger partial charge in [-0.05, 0) is 32.1 Å². The third-order valence-electron chi connectivity index (χ3n) is 3.55. The molecule has 2 unspecified atom stereocenters. The Morgan fingerprint density at radius 3 is 2.82 bits per heavy atom. The predicted molar refractivity (Wildman–Crippen MR) is 71.2 cm³/mol. The molecule has 3 heteroatoms. The average molecular weight is 243 g/mol. The molecule has 2 atom stereocenters. The molecule has 1 saturated carbocycles. The molecular weight excluding hydrogens is 214 g/mol. The van der Waals surface area contributed by atoms with Gasteiger partial charge in [0.25, 0.3) is 0 Å². The molecule has 0 saturated heterocycles. The standard InChI is InChI=1S/C14H29NO2/c1-4-5-9-17-13-7-6-8-14(10-13,11-16)15-12(2)3/h12-13,15-16H,4-11H2,1-3H3. The van der Waals surface area contributed by atoms with Crippen LogP contribution in [0.1, 0.15) is 59.3 Å². The monoisotopic (exact) mass is 243 g/mol. The lowest BCUT2D eigenvalue weighted by Crippen LogP contribution is -2.55. The molecule has 102 valence electrons. The SMILES string of the molecule is CCCCOC1CCCC(CO)(NC(C)C)C1. The summed E-state index contributed by atoms with van der Waals surface area (Å²) in [6, 6.07) is 0.413. The summed E-state index contributed by atoms with van der Waals surface area (Å²) in [6.45, 7) is 7.55. The van der Waals surface area contributed by atoms with E-state index >= 15 is 0 Å². The summed E-state index contributed by atoms with van der Waals surface area (Å²) in [4.78, 5) is 0. The van der Waals surface area contributed by atoms with Gasteiger partial charge in [-0.3, -0.25) is 0 Å². The van der Waals surface area contributed by atoms with Crippen molar-refractivity contribution in [1.82, 2.24) is 5.32 Å². The Morgan fingerprint density at radius 1 is 1.47 bits per heavy atom. The highest BCUT2D eigenvalue weighted by atomic mass is 16.5. The summed E-state index contributed by atoms with van der Waals surface area (Å²) < 4.78 is 5.91. The first-order chi connectivity index (χ1) is 8.12. The highest BCUT2D eigenvalue weighted by Gasteiger charge is 2.36. The van der Waals surface area contributed by atoms with Gasteiger partial charge in [-0.1, -0.05) is 27.2 Å². The second-order valence-electron chi connectivity index (χ2n) is 5.68. The molecule has 1 aliphatic rings. The zero-order valence-corrected chi connectivity index (χ0v) is 11.7. The van der Waals surface area contributed by atoms with Crippen molar-refractivity contribution in [3.63, 3.8) is 0 Å². The van der Waals surface area contributed by atoms with E-state index in [-0.39, 0.29) is 12.1 Å². The summed E-state index contributed by atoms with van der Waals surface area (Å²) in [5.41, 5.74) is -0.108. The van der Waals surface area contributed by atoms with E-state index < -0.39 is 0 Å². The lowest BCUT2D eigenvalue weighted by atomic mass is 9.80. The average Bonchev–Trinajstić information content (AvgIpc) is 2.29. The molecule has 1 fully saturated rings. The van der Waals surface area contributed by atoms with Gasteiger partial charge in [0.05, 0.1) is 12.7 Å². The van der Waals surface area contributed by atoms with Gasteiger partial charge in [0, 0.05) is 18.2 Å². The van der Waals surface area contributed by atoms with Crippen molar-refractivity contribution in [1.29, 1.82) is 0 Å². The third kappa shape index (κ3) is 4.94. The van der Waals surface area contributed by atoms with E-state index in [0.717, 1.165) is 38.7 Å². The first kappa shape index (κ1) is 14.9. The number of hydrogen-bond acceptors (Lipinski definition) is 3. The van der Waals surface area contributed by atoms with Crippen molar-refractivity contribution in [2.24, 2.45) is 0 Å². The van der Waals surface area contributed by atoms with Crippen LogP contribution in [-0.4, -0.2) is 36.0 Å². The minimum atomic E-state index is -0.108. The van der Waals surface area contributed by atoms with Gasteiger partial charge >= 0.3 is 0 Å². The van der Waals surface area contributed by atoms with Crippen molar-refractivity contribution in [2.45, 2.75) is 77.0 Å².